The van der Waals surface area contributed by atoms with Crippen molar-refractivity contribution >= 4 is 23.4 Å². The van der Waals surface area contributed by atoms with Gasteiger partial charge in [-0.05, 0) is 72.1 Å². The van der Waals surface area contributed by atoms with Crippen LogP contribution in [0.15, 0.2) is 85.1 Å². The molecule has 1 aromatic heterocycles. The summed E-state index contributed by atoms with van der Waals surface area (Å²) in [5, 5.41) is 5.23. The van der Waals surface area contributed by atoms with Gasteiger partial charge in [0.1, 0.15) is 17.2 Å². The van der Waals surface area contributed by atoms with Gasteiger partial charge < -0.3 is 24.8 Å². The maximum Gasteiger partial charge on any atom is 0.573 e. The Kier molecular flexibility index (Phi) is 8.77. The van der Waals surface area contributed by atoms with Gasteiger partial charge >= 0.3 is 18.4 Å². The van der Waals surface area contributed by atoms with Crippen LogP contribution in [0.2, 0.25) is 0 Å². The monoisotopic (exact) mass is 592 g/mol. The van der Waals surface area contributed by atoms with Crippen LogP contribution in [0, 0.1) is 0 Å². The first-order valence-corrected chi connectivity index (χ1v) is 13.2. The van der Waals surface area contributed by atoms with Crippen molar-refractivity contribution in [1.82, 2.24) is 9.88 Å². The number of benzene rings is 3. The maximum absolute atomic E-state index is 12.6. The highest BCUT2D eigenvalue weighted by Crippen LogP contribution is 2.34. The van der Waals surface area contributed by atoms with E-state index in [-0.39, 0.29) is 17.5 Å². The van der Waals surface area contributed by atoms with Crippen LogP contribution < -0.4 is 20.1 Å². The average molecular weight is 593 g/mol. The molecule has 4 aromatic rings. The zero-order valence-electron chi connectivity index (χ0n) is 23.0. The molecule has 0 fully saturated rings. The van der Waals surface area contributed by atoms with Crippen LogP contribution in [0.1, 0.15) is 27.0 Å². The quantitative estimate of drug-likeness (QED) is 0.218. The number of hydrogen-bond donors (Lipinski definition) is 2. The smallest absolute Gasteiger partial charge is 0.465 e. The standard InChI is InChI=1S/C31H27F3N4O5/c1-41-29(39)21-9-7-20(8-10-21)18-38-17-15-25-22(19-38)4-2-6-27(25)42-28-26(5-3-16-35-28)37-30(40)36-23-11-13-24(14-12-23)43-31(32,33)34/h2-14,16H,15,17-19H2,1H3,(H2,36,37,40). The number of alkyl halides is 3. The molecule has 0 saturated carbocycles. The summed E-state index contributed by atoms with van der Waals surface area (Å²) in [6.07, 6.45) is -2.53. The van der Waals surface area contributed by atoms with E-state index in [0.717, 1.165) is 41.8 Å². The molecule has 1 aliphatic rings. The second-order valence-corrected chi connectivity index (χ2v) is 9.65. The molecule has 2 N–H and O–H groups in total. The summed E-state index contributed by atoms with van der Waals surface area (Å²) in [6.45, 7) is 2.20. The molecule has 0 unspecified atom stereocenters. The average Bonchev–Trinajstić information content (AvgIpc) is 2.98. The van der Waals surface area contributed by atoms with E-state index in [1.807, 2.05) is 30.3 Å². The Balaban J connectivity index is 1.22. The Morgan fingerprint density at radius 3 is 2.44 bits per heavy atom. The van der Waals surface area contributed by atoms with Crippen LogP contribution in [0.4, 0.5) is 29.3 Å². The zero-order chi connectivity index (χ0) is 30.4. The van der Waals surface area contributed by atoms with Crippen LogP contribution >= 0.6 is 0 Å². The molecule has 0 saturated heterocycles. The third-order valence-electron chi connectivity index (χ3n) is 6.66. The number of esters is 1. The van der Waals surface area contributed by atoms with E-state index in [1.165, 1.54) is 19.2 Å². The predicted molar refractivity (Wildman–Crippen MR) is 152 cm³/mol. The Hall–Kier alpha value is -5.10. The topological polar surface area (TPSA) is 102 Å². The van der Waals surface area contributed by atoms with E-state index >= 15 is 0 Å². The van der Waals surface area contributed by atoms with Gasteiger partial charge in [0.15, 0.2) is 0 Å². The second kappa shape index (κ2) is 12.8. The minimum Gasteiger partial charge on any atom is -0.465 e. The van der Waals surface area contributed by atoms with Crippen molar-refractivity contribution in [3.63, 3.8) is 0 Å². The van der Waals surface area contributed by atoms with Crippen LogP contribution in [0.3, 0.4) is 0 Å². The number of urea groups is 1. The van der Waals surface area contributed by atoms with E-state index < -0.39 is 18.1 Å². The molecule has 0 bridgehead atoms. The minimum atomic E-state index is -4.80. The number of anilines is 2. The first-order valence-electron chi connectivity index (χ1n) is 13.2. The normalized spacial score (nSPS) is 13.0. The third kappa shape index (κ3) is 7.80. The molecule has 5 rings (SSSR count). The number of pyridine rings is 1. The summed E-state index contributed by atoms with van der Waals surface area (Å²) < 4.78 is 52.0. The Morgan fingerprint density at radius 1 is 0.953 bits per heavy atom. The highest BCUT2D eigenvalue weighted by Gasteiger charge is 2.31. The van der Waals surface area contributed by atoms with Crippen molar-refractivity contribution in [2.45, 2.75) is 25.9 Å². The Morgan fingerprint density at radius 2 is 1.72 bits per heavy atom. The summed E-state index contributed by atoms with van der Waals surface area (Å²) >= 11 is 0. The number of halogens is 3. The lowest BCUT2D eigenvalue weighted by Gasteiger charge is -2.30. The maximum atomic E-state index is 12.6. The summed E-state index contributed by atoms with van der Waals surface area (Å²) in [4.78, 5) is 30.9. The van der Waals surface area contributed by atoms with Gasteiger partial charge in [-0.1, -0.05) is 24.3 Å². The van der Waals surface area contributed by atoms with Crippen LogP contribution in [0.25, 0.3) is 0 Å². The van der Waals surface area contributed by atoms with E-state index in [0.29, 0.717) is 30.1 Å². The van der Waals surface area contributed by atoms with E-state index in [1.54, 1.807) is 30.5 Å². The van der Waals surface area contributed by atoms with E-state index in [4.69, 9.17) is 9.47 Å². The van der Waals surface area contributed by atoms with Crippen molar-refractivity contribution in [1.29, 1.82) is 0 Å². The van der Waals surface area contributed by atoms with Crippen molar-refractivity contribution in [2.24, 2.45) is 0 Å². The molecule has 0 atom stereocenters. The summed E-state index contributed by atoms with van der Waals surface area (Å²) in [7, 11) is 1.35. The van der Waals surface area contributed by atoms with E-state index in [9.17, 15) is 22.8 Å². The zero-order valence-corrected chi connectivity index (χ0v) is 23.0. The van der Waals surface area contributed by atoms with Crippen molar-refractivity contribution in [3.05, 3.63) is 107 Å². The van der Waals surface area contributed by atoms with Crippen molar-refractivity contribution in [2.75, 3.05) is 24.3 Å². The lowest BCUT2D eigenvalue weighted by molar-refractivity contribution is -0.274. The van der Waals surface area contributed by atoms with Crippen molar-refractivity contribution in [3.8, 4) is 17.4 Å². The van der Waals surface area contributed by atoms with Gasteiger partial charge in [0.25, 0.3) is 0 Å². The Labute approximate surface area is 245 Å². The van der Waals surface area contributed by atoms with Gasteiger partial charge in [-0.3, -0.25) is 4.90 Å². The number of carbonyl (C=O) groups excluding carboxylic acids is 2. The second-order valence-electron chi connectivity index (χ2n) is 9.65. The summed E-state index contributed by atoms with van der Waals surface area (Å²) in [5.41, 5.74) is 4.31. The molecule has 2 heterocycles. The summed E-state index contributed by atoms with van der Waals surface area (Å²) in [5.74, 6) is 0.0473. The molecular formula is C31H27F3N4O5. The molecule has 3 aromatic carbocycles. The minimum absolute atomic E-state index is 0.188. The summed E-state index contributed by atoms with van der Waals surface area (Å²) in [6, 6.07) is 20.6. The lowest BCUT2D eigenvalue weighted by Crippen LogP contribution is -2.30. The van der Waals surface area contributed by atoms with Crippen LogP contribution in [-0.4, -0.2) is 41.9 Å². The number of nitrogens with one attached hydrogen (secondary N) is 2. The van der Waals surface area contributed by atoms with Gasteiger partial charge in [0.05, 0.1) is 12.7 Å². The number of methoxy groups -OCH3 is 1. The number of hydrogen-bond acceptors (Lipinski definition) is 7. The molecule has 1 aliphatic heterocycles. The molecular weight excluding hydrogens is 565 g/mol. The highest BCUT2D eigenvalue weighted by molar-refractivity contribution is 6.00. The van der Waals surface area contributed by atoms with Crippen LogP contribution in [0.5, 0.6) is 17.4 Å². The van der Waals surface area contributed by atoms with Gasteiger partial charge in [-0.25, -0.2) is 14.6 Å². The molecule has 222 valence electrons. The van der Waals surface area contributed by atoms with E-state index in [2.05, 4.69) is 25.3 Å². The molecule has 9 nitrogen and oxygen atoms in total. The molecule has 0 radical (unpaired) electrons. The number of fused-ring (bicyclic) bond motifs is 1. The molecule has 12 heteroatoms. The number of nitrogens with zero attached hydrogens (tertiary/aromatic N) is 2. The molecule has 0 spiro atoms. The number of carbonyl (C=O) groups is 2. The van der Waals surface area contributed by atoms with Gasteiger partial charge in [0.2, 0.25) is 5.88 Å². The first-order chi connectivity index (χ1) is 20.7. The lowest BCUT2D eigenvalue weighted by atomic mass is 9.98. The third-order valence-corrected chi connectivity index (χ3v) is 6.66. The fraction of sp³-hybridized carbons (Fsp3) is 0.194. The first kappa shape index (κ1) is 29.4. The highest BCUT2D eigenvalue weighted by atomic mass is 19.4. The van der Waals surface area contributed by atoms with Gasteiger partial charge in [-0.15, -0.1) is 13.2 Å². The predicted octanol–water partition coefficient (Wildman–Crippen LogP) is 6.76. The Bertz CT molecular complexity index is 1590. The van der Waals surface area contributed by atoms with Gasteiger partial charge in [0, 0.05) is 37.1 Å². The number of ether oxygens (including phenoxy) is 3. The number of rotatable bonds is 8. The molecule has 0 aliphatic carbocycles. The SMILES string of the molecule is COC(=O)c1ccc(CN2CCc3c(cccc3Oc3ncccc3NC(=O)Nc3ccc(OC(F)(F)F)cc3)C2)cc1. The van der Waals surface area contributed by atoms with Crippen LogP contribution in [-0.2, 0) is 24.2 Å². The number of amides is 2. The molecule has 2 amide bonds. The number of aromatic nitrogens is 1. The fourth-order valence-corrected chi connectivity index (χ4v) is 4.68. The fourth-order valence-electron chi connectivity index (χ4n) is 4.68. The van der Waals surface area contributed by atoms with Crippen molar-refractivity contribution < 1.29 is 37.0 Å². The largest absolute Gasteiger partial charge is 0.573 e. The van der Waals surface area contributed by atoms with Gasteiger partial charge in [-0.2, -0.15) is 0 Å². The molecule has 43 heavy (non-hydrogen) atoms.